The number of rotatable bonds is 4. The first-order chi connectivity index (χ1) is 9.69. The van der Waals surface area contributed by atoms with Gasteiger partial charge in [0.05, 0.1) is 6.61 Å². The molecule has 12 heteroatoms. The van der Waals surface area contributed by atoms with Gasteiger partial charge in [0.2, 0.25) is 0 Å². The second-order valence-corrected chi connectivity index (χ2v) is 5.61. The molecular weight excluding hydrogens is 312 g/mol. The zero-order valence-corrected chi connectivity index (χ0v) is 11.4. The number of aliphatic hydroxyl groups excluding tert-OH is 2. The van der Waals surface area contributed by atoms with Gasteiger partial charge in [-0.25, -0.2) is 9.36 Å². The van der Waals surface area contributed by atoms with Crippen LogP contribution in [0.3, 0.4) is 0 Å². The predicted molar refractivity (Wildman–Crippen MR) is 66.8 cm³/mol. The van der Waals surface area contributed by atoms with Gasteiger partial charge in [-0.05, 0) is 6.07 Å². The lowest BCUT2D eigenvalue weighted by Crippen LogP contribution is -2.36. The largest absolute Gasteiger partial charge is 0.469 e. The molecule has 1 aliphatic heterocycles. The van der Waals surface area contributed by atoms with Crippen LogP contribution in [0.5, 0.6) is 0 Å². The average Bonchev–Trinajstić information content (AvgIpc) is 2.64. The van der Waals surface area contributed by atoms with Gasteiger partial charge < -0.3 is 30.5 Å². The smallest absolute Gasteiger partial charge is 0.387 e. The predicted octanol–water partition coefficient (Wildman–Crippen LogP) is -2.45. The van der Waals surface area contributed by atoms with E-state index >= 15 is 0 Å². The minimum Gasteiger partial charge on any atom is -0.387 e. The molecule has 1 saturated heterocycles. The first-order valence-electron chi connectivity index (χ1n) is 5.75. The lowest BCUT2D eigenvalue weighted by atomic mass is 10.1. The molecule has 1 fully saturated rings. The summed E-state index contributed by atoms with van der Waals surface area (Å²) in [4.78, 5) is 32.3. The van der Waals surface area contributed by atoms with E-state index in [2.05, 4.69) is 9.51 Å². The molecule has 6 N–H and O–H groups in total. The van der Waals surface area contributed by atoms with Crippen molar-refractivity contribution in [2.75, 3.05) is 12.3 Å². The molecule has 2 unspecified atom stereocenters. The van der Waals surface area contributed by atoms with Gasteiger partial charge >= 0.3 is 13.5 Å². The van der Waals surface area contributed by atoms with E-state index in [1.54, 1.807) is 0 Å². The highest BCUT2D eigenvalue weighted by molar-refractivity contribution is 7.46. The van der Waals surface area contributed by atoms with Crippen molar-refractivity contribution in [1.82, 2.24) is 9.55 Å². The molecule has 0 aromatic carbocycles. The number of nitrogens with two attached hydrogens (primary N) is 1. The van der Waals surface area contributed by atoms with E-state index < -0.39 is 44.7 Å². The number of aromatic nitrogens is 2. The molecule has 0 radical (unpaired) electrons. The number of aliphatic hydroxyl groups is 2. The summed E-state index contributed by atoms with van der Waals surface area (Å²) < 4.78 is 20.9. The second kappa shape index (κ2) is 5.81. The fourth-order valence-electron chi connectivity index (χ4n) is 1.89. The van der Waals surface area contributed by atoms with Gasteiger partial charge in [-0.2, -0.15) is 4.98 Å². The highest BCUT2D eigenvalue weighted by Crippen LogP contribution is 2.38. The molecule has 0 spiro atoms. The Hall–Kier alpha value is -1.33. The zero-order valence-electron chi connectivity index (χ0n) is 10.5. The fourth-order valence-corrected chi connectivity index (χ4v) is 2.23. The van der Waals surface area contributed by atoms with Crippen molar-refractivity contribution >= 4 is 13.6 Å². The lowest BCUT2D eigenvalue weighted by Gasteiger charge is -2.16. The van der Waals surface area contributed by atoms with E-state index in [0.717, 1.165) is 4.57 Å². The molecule has 4 atom stereocenters. The maximum absolute atomic E-state index is 11.6. The third-order valence-corrected chi connectivity index (χ3v) is 3.36. The standard InChI is InChI=1S/C9H14N3O8P/c10-5-1-2-12(9(15)11-5)8-7(14)6(13)4(20-8)3-19-21(16,17)18/h1-2,4,6-8,13-14H,3H2,(H2,10,11,15)(H2,16,17,18)/t4-,6?,7?,8-/m1/s1/i1+1,2+1,5+1. The maximum atomic E-state index is 11.6. The second-order valence-electron chi connectivity index (χ2n) is 4.37. The molecule has 118 valence electrons. The minimum absolute atomic E-state index is 0.0225. The van der Waals surface area contributed by atoms with Crippen molar-refractivity contribution in [3.8, 4) is 0 Å². The highest BCUT2D eigenvalue weighted by Gasteiger charge is 2.44. The molecule has 0 bridgehead atoms. The molecule has 1 aromatic heterocycles. The summed E-state index contributed by atoms with van der Waals surface area (Å²) in [6.07, 6.45) is -4.27. The molecule has 0 saturated carbocycles. The van der Waals surface area contributed by atoms with Crippen LogP contribution < -0.4 is 11.4 Å². The van der Waals surface area contributed by atoms with Crippen molar-refractivity contribution in [2.45, 2.75) is 24.5 Å². The number of ether oxygens (including phenoxy) is 1. The summed E-state index contributed by atoms with van der Waals surface area (Å²) in [6.45, 7) is -0.657. The minimum atomic E-state index is -4.74. The maximum Gasteiger partial charge on any atom is 0.469 e. The van der Waals surface area contributed by atoms with E-state index in [4.69, 9.17) is 20.3 Å². The van der Waals surface area contributed by atoms with Crippen molar-refractivity contribution < 1.29 is 33.8 Å². The van der Waals surface area contributed by atoms with E-state index in [1.807, 2.05) is 0 Å². The quantitative estimate of drug-likeness (QED) is 0.373. The normalized spacial score (nSPS) is 29.7. The van der Waals surface area contributed by atoms with Crippen LogP contribution >= 0.6 is 7.82 Å². The summed E-state index contributed by atoms with van der Waals surface area (Å²) >= 11 is 0. The van der Waals surface area contributed by atoms with Crippen molar-refractivity contribution in [2.24, 2.45) is 0 Å². The van der Waals surface area contributed by atoms with Gasteiger partial charge in [-0.15, -0.1) is 0 Å². The van der Waals surface area contributed by atoms with Crippen LogP contribution in [0.4, 0.5) is 5.82 Å². The molecule has 1 aliphatic rings. The Morgan fingerprint density at radius 3 is 2.67 bits per heavy atom. The molecule has 2 heterocycles. The Kier molecular flexibility index (Phi) is 4.44. The monoisotopic (exact) mass is 326 g/mol. The van der Waals surface area contributed by atoms with E-state index in [1.165, 1.54) is 12.3 Å². The molecular formula is C9H14N3O8P. The number of nitrogen functional groups attached to an aromatic ring is 1. The van der Waals surface area contributed by atoms with Crippen LogP contribution in [0.2, 0.25) is 0 Å². The van der Waals surface area contributed by atoms with Crippen LogP contribution in [-0.2, 0) is 13.8 Å². The zero-order chi connectivity index (χ0) is 15.8. The molecule has 1 aromatic rings. The van der Waals surface area contributed by atoms with Crippen molar-refractivity contribution in [3.05, 3.63) is 22.7 Å². The average molecular weight is 326 g/mol. The Morgan fingerprint density at radius 1 is 1.43 bits per heavy atom. The highest BCUT2D eigenvalue weighted by atomic mass is 31.2. The summed E-state index contributed by atoms with van der Waals surface area (Å²) in [5.41, 5.74) is 4.52. The number of nitrogens with zero attached hydrogens (tertiary/aromatic N) is 2. The van der Waals surface area contributed by atoms with Gasteiger partial charge in [-0.3, -0.25) is 9.09 Å². The molecule has 21 heavy (non-hydrogen) atoms. The van der Waals surface area contributed by atoms with E-state index in [-0.39, 0.29) is 5.82 Å². The van der Waals surface area contributed by atoms with Crippen LogP contribution in [0, 0.1) is 0 Å². The number of hydrogen-bond acceptors (Lipinski definition) is 8. The van der Waals surface area contributed by atoms with Gasteiger partial charge in [0.15, 0.2) is 6.23 Å². The number of phosphoric acid groups is 1. The summed E-state index contributed by atoms with van der Waals surface area (Å²) in [5, 5.41) is 19.6. The van der Waals surface area contributed by atoms with Gasteiger partial charge in [0, 0.05) is 6.20 Å². The summed E-state index contributed by atoms with van der Waals surface area (Å²) in [7, 11) is -4.74. The van der Waals surface area contributed by atoms with Crippen LogP contribution in [0.25, 0.3) is 0 Å². The Labute approximate surface area is 117 Å². The van der Waals surface area contributed by atoms with Crippen molar-refractivity contribution in [1.29, 1.82) is 0 Å². The van der Waals surface area contributed by atoms with E-state index in [9.17, 15) is 19.6 Å². The summed E-state index contributed by atoms with van der Waals surface area (Å²) in [6, 6.07) is 1.29. The van der Waals surface area contributed by atoms with Gasteiger partial charge in [0.25, 0.3) is 0 Å². The third kappa shape index (κ3) is 3.66. The van der Waals surface area contributed by atoms with Gasteiger partial charge in [-0.1, -0.05) is 0 Å². The SMILES string of the molecule is N[13c]1[13cH][13cH]n([C@@H]2O[C@H](COP(=O)(O)O)C(O)C2O)c(=O)n1. The first-order valence-corrected chi connectivity index (χ1v) is 7.28. The molecule has 0 aliphatic carbocycles. The van der Waals surface area contributed by atoms with Crippen LogP contribution in [-0.4, -0.2) is 54.5 Å². The fraction of sp³-hybridized carbons (Fsp3) is 0.556. The topological polar surface area (TPSA) is 177 Å². The van der Waals surface area contributed by atoms with Crippen molar-refractivity contribution in [3.63, 3.8) is 0 Å². The van der Waals surface area contributed by atoms with E-state index in [0.29, 0.717) is 0 Å². The number of hydrogen-bond donors (Lipinski definition) is 5. The number of anilines is 1. The Balaban J connectivity index is 2.16. The molecule has 11 nitrogen and oxygen atoms in total. The first kappa shape index (κ1) is 16.0. The Morgan fingerprint density at radius 2 is 2.10 bits per heavy atom. The molecule has 0 amide bonds. The van der Waals surface area contributed by atoms with Crippen LogP contribution in [0.15, 0.2) is 17.1 Å². The van der Waals surface area contributed by atoms with Gasteiger partial charge in [0.1, 0.15) is 24.1 Å². The van der Waals surface area contributed by atoms with Crippen LogP contribution in [0.1, 0.15) is 6.23 Å². The summed E-state index contributed by atoms with van der Waals surface area (Å²) in [5.74, 6) is -0.0225. The number of phosphoric ester groups is 1. The molecule has 2 rings (SSSR count). The third-order valence-electron chi connectivity index (χ3n) is 2.87. The Bertz CT molecular complexity index is 615. The lowest BCUT2D eigenvalue weighted by molar-refractivity contribution is -0.0542.